The summed E-state index contributed by atoms with van der Waals surface area (Å²) in [4.78, 5) is 21.3. The highest BCUT2D eigenvalue weighted by atomic mass is 16.6. The highest BCUT2D eigenvalue weighted by Gasteiger charge is 2.21. The summed E-state index contributed by atoms with van der Waals surface area (Å²) >= 11 is 0. The van der Waals surface area contributed by atoms with Crippen molar-refractivity contribution in [1.29, 1.82) is 0 Å². The standard InChI is InChI=1S/C8H8O3/c1-5(2)3-6-4-7(9)11-8(6)10/h3-4H,1-2H3. The third-order valence-electron chi connectivity index (χ3n) is 1.15. The Morgan fingerprint density at radius 3 is 2.45 bits per heavy atom. The van der Waals surface area contributed by atoms with Crippen molar-refractivity contribution >= 4 is 11.9 Å². The second-order valence-corrected chi connectivity index (χ2v) is 2.53. The molecule has 0 unspecified atom stereocenters. The topological polar surface area (TPSA) is 43.4 Å². The van der Waals surface area contributed by atoms with E-state index in [1.807, 2.05) is 13.8 Å². The maximum absolute atomic E-state index is 10.8. The first-order valence-corrected chi connectivity index (χ1v) is 3.22. The van der Waals surface area contributed by atoms with Gasteiger partial charge in [0.15, 0.2) is 0 Å². The van der Waals surface area contributed by atoms with Gasteiger partial charge in [-0.3, -0.25) is 0 Å². The van der Waals surface area contributed by atoms with Gasteiger partial charge in [-0.05, 0) is 19.9 Å². The smallest absolute Gasteiger partial charge is 0.346 e. The summed E-state index contributed by atoms with van der Waals surface area (Å²) in [5.41, 5.74) is 1.29. The van der Waals surface area contributed by atoms with E-state index in [1.54, 1.807) is 6.08 Å². The molecule has 1 heterocycles. The number of esters is 2. The molecule has 1 aliphatic heterocycles. The van der Waals surface area contributed by atoms with Gasteiger partial charge in [-0.2, -0.15) is 0 Å². The Bertz CT molecular complexity index is 267. The van der Waals surface area contributed by atoms with Crippen LogP contribution in [0.15, 0.2) is 23.3 Å². The van der Waals surface area contributed by atoms with Gasteiger partial charge in [0.05, 0.1) is 5.57 Å². The highest BCUT2D eigenvalue weighted by molar-refractivity contribution is 6.10. The van der Waals surface area contributed by atoms with Crippen molar-refractivity contribution in [3.05, 3.63) is 23.3 Å². The summed E-state index contributed by atoms with van der Waals surface area (Å²) in [6.07, 6.45) is 2.81. The Morgan fingerprint density at radius 1 is 1.45 bits per heavy atom. The average molecular weight is 152 g/mol. The Morgan fingerprint density at radius 2 is 2.09 bits per heavy atom. The normalized spacial score (nSPS) is 16.0. The molecule has 0 aromatic heterocycles. The monoisotopic (exact) mass is 152 g/mol. The first-order valence-electron chi connectivity index (χ1n) is 3.22. The number of hydrogen-bond donors (Lipinski definition) is 0. The van der Waals surface area contributed by atoms with Gasteiger partial charge in [-0.25, -0.2) is 9.59 Å². The van der Waals surface area contributed by atoms with E-state index in [9.17, 15) is 9.59 Å². The third kappa shape index (κ3) is 1.77. The molecule has 3 heteroatoms. The molecule has 0 fully saturated rings. The molecule has 0 aliphatic carbocycles. The van der Waals surface area contributed by atoms with Crippen LogP contribution in [0.3, 0.4) is 0 Å². The van der Waals surface area contributed by atoms with E-state index < -0.39 is 11.9 Å². The van der Waals surface area contributed by atoms with Gasteiger partial charge in [0.2, 0.25) is 0 Å². The van der Waals surface area contributed by atoms with Crippen molar-refractivity contribution in [3.8, 4) is 0 Å². The number of carbonyl (C=O) groups is 2. The van der Waals surface area contributed by atoms with E-state index in [2.05, 4.69) is 4.74 Å². The van der Waals surface area contributed by atoms with E-state index in [1.165, 1.54) is 6.08 Å². The number of allylic oxidation sites excluding steroid dienone is 1. The zero-order valence-corrected chi connectivity index (χ0v) is 6.38. The third-order valence-corrected chi connectivity index (χ3v) is 1.15. The van der Waals surface area contributed by atoms with Crippen LogP contribution < -0.4 is 0 Å². The first kappa shape index (κ1) is 7.72. The predicted molar refractivity (Wildman–Crippen MR) is 38.6 cm³/mol. The van der Waals surface area contributed by atoms with Gasteiger partial charge in [0.1, 0.15) is 0 Å². The van der Waals surface area contributed by atoms with Gasteiger partial charge in [0.25, 0.3) is 0 Å². The summed E-state index contributed by atoms with van der Waals surface area (Å²) in [6, 6.07) is 0. The van der Waals surface area contributed by atoms with Crippen LogP contribution in [-0.4, -0.2) is 11.9 Å². The Kier molecular flexibility index (Phi) is 1.89. The summed E-state index contributed by atoms with van der Waals surface area (Å²) in [5, 5.41) is 0. The molecule has 0 atom stereocenters. The fraction of sp³-hybridized carbons (Fsp3) is 0.250. The maximum Gasteiger partial charge on any atom is 0.346 e. The van der Waals surface area contributed by atoms with Gasteiger partial charge >= 0.3 is 11.9 Å². The summed E-state index contributed by atoms with van der Waals surface area (Å²) < 4.78 is 4.26. The second-order valence-electron chi connectivity index (χ2n) is 2.53. The molecule has 0 saturated heterocycles. The van der Waals surface area contributed by atoms with Gasteiger partial charge in [-0.1, -0.05) is 5.57 Å². The molecule has 0 aromatic carbocycles. The van der Waals surface area contributed by atoms with Gasteiger partial charge < -0.3 is 4.74 Å². The molecule has 11 heavy (non-hydrogen) atoms. The lowest BCUT2D eigenvalue weighted by molar-refractivity contribution is -0.150. The zero-order chi connectivity index (χ0) is 8.43. The largest absolute Gasteiger partial charge is 0.386 e. The molecule has 0 radical (unpaired) electrons. The van der Waals surface area contributed by atoms with E-state index in [0.29, 0.717) is 5.57 Å². The lowest BCUT2D eigenvalue weighted by Crippen LogP contribution is -2.00. The second kappa shape index (κ2) is 2.70. The Balaban J connectivity index is 2.89. The van der Waals surface area contributed by atoms with Gasteiger partial charge in [-0.15, -0.1) is 0 Å². The lowest BCUT2D eigenvalue weighted by atomic mass is 10.2. The molecule has 0 bridgehead atoms. The first-order chi connectivity index (χ1) is 5.09. The SMILES string of the molecule is CC(C)=CC1=CC(=O)OC1=O. The molecule has 0 amide bonds. The number of rotatable bonds is 1. The van der Waals surface area contributed by atoms with Gasteiger partial charge in [0, 0.05) is 6.08 Å². The zero-order valence-electron chi connectivity index (χ0n) is 6.38. The molecule has 0 spiro atoms. The van der Waals surface area contributed by atoms with Crippen LogP contribution in [-0.2, 0) is 14.3 Å². The Hall–Kier alpha value is -1.38. The van der Waals surface area contributed by atoms with Crippen LogP contribution in [0, 0.1) is 0 Å². The van der Waals surface area contributed by atoms with E-state index in [0.717, 1.165) is 5.57 Å². The fourth-order valence-corrected chi connectivity index (χ4v) is 0.777. The predicted octanol–water partition coefficient (Wildman–Crippen LogP) is 0.962. The number of ether oxygens (including phenoxy) is 1. The van der Waals surface area contributed by atoms with Crippen molar-refractivity contribution in [2.75, 3.05) is 0 Å². The molecule has 0 saturated carbocycles. The lowest BCUT2D eigenvalue weighted by Gasteiger charge is -1.89. The summed E-state index contributed by atoms with van der Waals surface area (Å²) in [5.74, 6) is -1.14. The van der Waals surface area contributed by atoms with Crippen LogP contribution in [0.2, 0.25) is 0 Å². The van der Waals surface area contributed by atoms with Crippen LogP contribution in [0.1, 0.15) is 13.8 Å². The summed E-state index contributed by atoms with van der Waals surface area (Å²) in [6.45, 7) is 3.69. The minimum absolute atomic E-state index is 0.329. The maximum atomic E-state index is 10.8. The molecular weight excluding hydrogens is 144 g/mol. The van der Waals surface area contributed by atoms with Crippen LogP contribution >= 0.6 is 0 Å². The quantitative estimate of drug-likeness (QED) is 0.415. The number of hydrogen-bond acceptors (Lipinski definition) is 3. The molecule has 0 N–H and O–H groups in total. The minimum atomic E-state index is -0.581. The van der Waals surface area contributed by atoms with Crippen molar-refractivity contribution < 1.29 is 14.3 Å². The van der Waals surface area contributed by atoms with Crippen LogP contribution in [0.25, 0.3) is 0 Å². The molecule has 58 valence electrons. The van der Waals surface area contributed by atoms with E-state index in [4.69, 9.17) is 0 Å². The minimum Gasteiger partial charge on any atom is -0.386 e. The van der Waals surface area contributed by atoms with Crippen molar-refractivity contribution in [2.24, 2.45) is 0 Å². The average Bonchev–Trinajstić information content (AvgIpc) is 2.09. The molecule has 1 aliphatic rings. The van der Waals surface area contributed by atoms with Crippen LogP contribution in [0.5, 0.6) is 0 Å². The molecule has 3 nitrogen and oxygen atoms in total. The fourth-order valence-electron chi connectivity index (χ4n) is 0.777. The Labute approximate surface area is 64.3 Å². The molecule has 0 aromatic rings. The highest BCUT2D eigenvalue weighted by Crippen LogP contribution is 2.11. The van der Waals surface area contributed by atoms with E-state index in [-0.39, 0.29) is 0 Å². The van der Waals surface area contributed by atoms with Crippen molar-refractivity contribution in [1.82, 2.24) is 0 Å². The van der Waals surface area contributed by atoms with Crippen LogP contribution in [0.4, 0.5) is 0 Å². The number of carbonyl (C=O) groups excluding carboxylic acids is 2. The van der Waals surface area contributed by atoms with Crippen molar-refractivity contribution in [2.45, 2.75) is 13.8 Å². The summed E-state index contributed by atoms with van der Waals surface area (Å²) in [7, 11) is 0. The van der Waals surface area contributed by atoms with Crippen molar-refractivity contribution in [3.63, 3.8) is 0 Å². The molecule has 1 rings (SSSR count). The van der Waals surface area contributed by atoms with E-state index >= 15 is 0 Å². The number of cyclic esters (lactones) is 2. The molecular formula is C8H8O3.